The molecule has 24 heavy (non-hydrogen) atoms. The van der Waals surface area contributed by atoms with Gasteiger partial charge < -0.3 is 10.1 Å². The lowest BCUT2D eigenvalue weighted by atomic mass is 10.0. The number of hydrogen-bond donors (Lipinski definition) is 1. The lowest BCUT2D eigenvalue weighted by Gasteiger charge is -2.25. The van der Waals surface area contributed by atoms with Crippen molar-refractivity contribution in [1.29, 1.82) is 0 Å². The third-order valence-electron chi connectivity index (χ3n) is 4.38. The van der Waals surface area contributed by atoms with E-state index in [4.69, 9.17) is 4.74 Å². The van der Waals surface area contributed by atoms with Gasteiger partial charge >= 0.3 is 5.97 Å². The van der Waals surface area contributed by atoms with E-state index < -0.39 is 0 Å². The van der Waals surface area contributed by atoms with E-state index in [-0.39, 0.29) is 11.5 Å². The molecule has 142 valence electrons. The molecule has 0 aliphatic carbocycles. The summed E-state index contributed by atoms with van der Waals surface area (Å²) in [6.07, 6.45) is 17.6. The molecule has 0 radical (unpaired) electrons. The third kappa shape index (κ3) is 16.0. The number of carbonyl (C=O) groups excluding carboxylic acids is 1. The minimum absolute atomic E-state index is 0.170. The van der Waals surface area contributed by atoms with Gasteiger partial charge in [-0.3, -0.25) is 0 Å². The Morgan fingerprint density at radius 3 is 1.83 bits per heavy atom. The second-order valence-corrected chi connectivity index (χ2v) is 7.51. The Labute approximate surface area is 150 Å². The summed E-state index contributed by atoms with van der Waals surface area (Å²) < 4.78 is 5.10. The highest BCUT2D eigenvalue weighted by Gasteiger charge is 2.18. The van der Waals surface area contributed by atoms with Gasteiger partial charge in [-0.1, -0.05) is 84.1 Å². The predicted octanol–water partition coefficient (Wildman–Crippen LogP) is 5.78. The van der Waals surface area contributed by atoms with E-state index in [1.165, 1.54) is 83.1 Å². The standard InChI is InChI=1S/C21H41NO2/c1-5-7-8-9-10-11-12-13-14-15-16-17-18-22-21(3,4)19-24-20(23)6-2/h6,22H,2,5,7-19H2,1,3-4H3. The summed E-state index contributed by atoms with van der Waals surface area (Å²) in [5, 5.41) is 3.46. The molecule has 0 bridgehead atoms. The molecule has 0 saturated heterocycles. The molecule has 3 heteroatoms. The molecule has 0 aromatic carbocycles. The van der Waals surface area contributed by atoms with Gasteiger partial charge in [0.2, 0.25) is 0 Å². The molecule has 0 fully saturated rings. The molecule has 0 atom stereocenters. The molecule has 3 nitrogen and oxygen atoms in total. The smallest absolute Gasteiger partial charge is 0.330 e. The average molecular weight is 340 g/mol. The largest absolute Gasteiger partial charge is 0.461 e. The van der Waals surface area contributed by atoms with Gasteiger partial charge in [-0.15, -0.1) is 0 Å². The van der Waals surface area contributed by atoms with Crippen molar-refractivity contribution in [3.8, 4) is 0 Å². The maximum Gasteiger partial charge on any atom is 0.330 e. The van der Waals surface area contributed by atoms with Crippen molar-refractivity contribution in [2.75, 3.05) is 13.2 Å². The molecule has 0 aliphatic rings. The second-order valence-electron chi connectivity index (χ2n) is 7.51. The number of nitrogens with one attached hydrogen (secondary N) is 1. The van der Waals surface area contributed by atoms with Crippen LogP contribution < -0.4 is 5.32 Å². The van der Waals surface area contributed by atoms with Crippen molar-refractivity contribution in [2.24, 2.45) is 0 Å². The van der Waals surface area contributed by atoms with Crippen LogP contribution in [0.5, 0.6) is 0 Å². The fraction of sp³-hybridized carbons (Fsp3) is 0.857. The first kappa shape index (κ1) is 23.2. The van der Waals surface area contributed by atoms with E-state index in [9.17, 15) is 4.79 Å². The van der Waals surface area contributed by atoms with Crippen LogP contribution in [-0.4, -0.2) is 24.7 Å². The van der Waals surface area contributed by atoms with Crippen LogP contribution in [0.2, 0.25) is 0 Å². The number of unbranched alkanes of at least 4 members (excludes halogenated alkanes) is 11. The van der Waals surface area contributed by atoms with Crippen LogP contribution in [0.25, 0.3) is 0 Å². The summed E-state index contributed by atoms with van der Waals surface area (Å²) in [6.45, 7) is 11.2. The molecule has 0 unspecified atom stereocenters. The first-order chi connectivity index (χ1) is 11.5. The molecule has 0 aliphatic heterocycles. The van der Waals surface area contributed by atoms with Gasteiger partial charge in [0.25, 0.3) is 0 Å². The monoisotopic (exact) mass is 339 g/mol. The molecular formula is C21H41NO2. The van der Waals surface area contributed by atoms with Gasteiger partial charge in [-0.25, -0.2) is 4.79 Å². The number of rotatable bonds is 17. The first-order valence-corrected chi connectivity index (χ1v) is 10.1. The lowest BCUT2D eigenvalue weighted by Crippen LogP contribution is -2.44. The summed E-state index contributed by atoms with van der Waals surface area (Å²) in [5.41, 5.74) is -0.170. The van der Waals surface area contributed by atoms with Gasteiger partial charge in [-0.05, 0) is 26.8 Å². The van der Waals surface area contributed by atoms with Crippen LogP contribution >= 0.6 is 0 Å². The Hall–Kier alpha value is -0.830. The zero-order valence-corrected chi connectivity index (χ0v) is 16.5. The van der Waals surface area contributed by atoms with E-state index in [2.05, 4.69) is 32.7 Å². The molecule has 0 saturated carbocycles. The quantitative estimate of drug-likeness (QED) is 0.207. The van der Waals surface area contributed by atoms with Crippen molar-refractivity contribution < 1.29 is 9.53 Å². The SMILES string of the molecule is C=CC(=O)OCC(C)(C)NCCCCCCCCCCCCCC. The minimum atomic E-state index is -0.352. The lowest BCUT2D eigenvalue weighted by molar-refractivity contribution is -0.139. The number of esters is 1. The molecule has 0 heterocycles. The fourth-order valence-electron chi connectivity index (χ4n) is 2.75. The highest BCUT2D eigenvalue weighted by molar-refractivity contribution is 5.81. The molecule has 0 amide bonds. The van der Waals surface area contributed by atoms with Crippen LogP contribution in [0.3, 0.4) is 0 Å². The first-order valence-electron chi connectivity index (χ1n) is 10.1. The van der Waals surface area contributed by atoms with E-state index in [0.717, 1.165) is 6.54 Å². The summed E-state index contributed by atoms with van der Waals surface area (Å²) in [5.74, 6) is -0.352. The van der Waals surface area contributed by atoms with Crippen LogP contribution in [0.1, 0.15) is 97.8 Å². The molecule has 0 rings (SSSR count). The summed E-state index contributed by atoms with van der Waals surface area (Å²) in [6, 6.07) is 0. The third-order valence-corrected chi connectivity index (χ3v) is 4.38. The molecule has 1 N–H and O–H groups in total. The fourth-order valence-corrected chi connectivity index (χ4v) is 2.75. The average Bonchev–Trinajstić information content (AvgIpc) is 2.57. The van der Waals surface area contributed by atoms with Crippen LogP contribution in [0.4, 0.5) is 0 Å². The summed E-state index contributed by atoms with van der Waals surface area (Å²) in [7, 11) is 0. The van der Waals surface area contributed by atoms with Crippen molar-refractivity contribution in [1.82, 2.24) is 5.32 Å². The van der Waals surface area contributed by atoms with Gasteiger partial charge in [0, 0.05) is 11.6 Å². The van der Waals surface area contributed by atoms with E-state index in [1.807, 2.05) is 0 Å². The Morgan fingerprint density at radius 2 is 1.38 bits per heavy atom. The van der Waals surface area contributed by atoms with Crippen LogP contribution in [0.15, 0.2) is 12.7 Å². The van der Waals surface area contributed by atoms with Crippen molar-refractivity contribution in [3.05, 3.63) is 12.7 Å². The second kappa shape index (κ2) is 15.7. The molecule has 0 aromatic rings. The van der Waals surface area contributed by atoms with E-state index in [1.54, 1.807) is 0 Å². The Bertz CT molecular complexity index is 313. The molecule has 0 spiro atoms. The molecule has 0 aromatic heterocycles. The molecular weight excluding hydrogens is 298 g/mol. The van der Waals surface area contributed by atoms with E-state index >= 15 is 0 Å². The maximum atomic E-state index is 11.1. The van der Waals surface area contributed by atoms with Crippen LogP contribution in [-0.2, 0) is 9.53 Å². The van der Waals surface area contributed by atoms with E-state index in [0.29, 0.717) is 6.61 Å². The number of carbonyl (C=O) groups is 1. The minimum Gasteiger partial charge on any atom is -0.461 e. The zero-order chi connectivity index (χ0) is 18.1. The summed E-state index contributed by atoms with van der Waals surface area (Å²) in [4.78, 5) is 11.1. The Kier molecular flexibility index (Phi) is 15.1. The van der Waals surface area contributed by atoms with Gasteiger partial charge in [0.1, 0.15) is 6.61 Å². The predicted molar refractivity (Wildman–Crippen MR) is 104 cm³/mol. The highest BCUT2D eigenvalue weighted by Crippen LogP contribution is 2.12. The van der Waals surface area contributed by atoms with Crippen molar-refractivity contribution >= 4 is 5.97 Å². The summed E-state index contributed by atoms with van der Waals surface area (Å²) >= 11 is 0. The van der Waals surface area contributed by atoms with Gasteiger partial charge in [-0.2, -0.15) is 0 Å². The van der Waals surface area contributed by atoms with Gasteiger partial charge in [0.15, 0.2) is 0 Å². The van der Waals surface area contributed by atoms with Crippen molar-refractivity contribution in [2.45, 2.75) is 103 Å². The number of ether oxygens (including phenoxy) is 1. The van der Waals surface area contributed by atoms with Gasteiger partial charge in [0.05, 0.1) is 0 Å². The normalized spacial score (nSPS) is 11.5. The maximum absolute atomic E-state index is 11.1. The Balaban J connectivity index is 3.32. The zero-order valence-electron chi connectivity index (χ0n) is 16.5. The topological polar surface area (TPSA) is 38.3 Å². The highest BCUT2D eigenvalue weighted by atomic mass is 16.5. The van der Waals surface area contributed by atoms with Crippen molar-refractivity contribution in [3.63, 3.8) is 0 Å². The number of hydrogen-bond acceptors (Lipinski definition) is 3. The Morgan fingerprint density at radius 1 is 0.917 bits per heavy atom. The van der Waals surface area contributed by atoms with Crippen LogP contribution in [0, 0.1) is 0 Å².